The van der Waals surface area contributed by atoms with E-state index in [1.165, 1.54) is 4.90 Å². The lowest BCUT2D eigenvalue weighted by Crippen LogP contribution is -2.55. The fourth-order valence-corrected chi connectivity index (χ4v) is 3.87. The molecule has 8 heteroatoms. The minimum atomic E-state index is -0.969. The number of likely N-dealkylation sites (tertiary alicyclic amines) is 1. The van der Waals surface area contributed by atoms with Crippen LogP contribution in [0.2, 0.25) is 0 Å². The molecule has 0 radical (unpaired) electrons. The highest BCUT2D eigenvalue weighted by Crippen LogP contribution is 2.31. The molecule has 2 unspecified atom stereocenters. The summed E-state index contributed by atoms with van der Waals surface area (Å²) in [7, 11) is 1.58. The molecule has 2 saturated heterocycles. The van der Waals surface area contributed by atoms with Gasteiger partial charge in [0.25, 0.3) is 0 Å². The van der Waals surface area contributed by atoms with Gasteiger partial charge < -0.3 is 20.2 Å². The van der Waals surface area contributed by atoms with Crippen molar-refractivity contribution in [3.8, 4) is 0 Å². The molecular weight excluding hydrogens is 294 g/mol. The number of carbonyl (C=O) groups excluding carboxylic acids is 2. The summed E-state index contributed by atoms with van der Waals surface area (Å²) in [5.41, 5.74) is -0.590. The molecular formula is C13H21N3O4S. The quantitative estimate of drug-likeness (QED) is 0.752. The van der Waals surface area contributed by atoms with E-state index >= 15 is 0 Å². The Hall–Kier alpha value is -1.44. The molecule has 0 bridgehead atoms. The first kappa shape index (κ1) is 15.9. The summed E-state index contributed by atoms with van der Waals surface area (Å²) in [5, 5.41) is 11.9. The molecule has 2 rings (SSSR count). The fraction of sp³-hybridized carbons (Fsp3) is 0.769. The maximum atomic E-state index is 12.6. The van der Waals surface area contributed by atoms with Gasteiger partial charge in [0, 0.05) is 38.2 Å². The third-order valence-electron chi connectivity index (χ3n) is 4.18. The van der Waals surface area contributed by atoms with E-state index in [1.54, 1.807) is 23.7 Å². The van der Waals surface area contributed by atoms with Crippen LogP contribution in [0.25, 0.3) is 0 Å². The number of rotatable bonds is 2. The van der Waals surface area contributed by atoms with E-state index in [2.05, 4.69) is 5.32 Å². The van der Waals surface area contributed by atoms with Crippen LogP contribution in [0.4, 0.5) is 4.79 Å². The summed E-state index contributed by atoms with van der Waals surface area (Å²) < 4.78 is 0. The highest BCUT2D eigenvalue weighted by atomic mass is 32.2. The molecule has 2 aliphatic heterocycles. The van der Waals surface area contributed by atoms with Gasteiger partial charge in [0.15, 0.2) is 0 Å². The Morgan fingerprint density at radius 1 is 1.33 bits per heavy atom. The maximum Gasteiger partial charge on any atom is 0.327 e. The lowest BCUT2D eigenvalue weighted by atomic mass is 9.89. The molecule has 0 aromatic heterocycles. The summed E-state index contributed by atoms with van der Waals surface area (Å²) in [4.78, 5) is 38.8. The van der Waals surface area contributed by atoms with Crippen molar-refractivity contribution < 1.29 is 19.5 Å². The second kappa shape index (κ2) is 6.13. The second-order valence-electron chi connectivity index (χ2n) is 5.72. The van der Waals surface area contributed by atoms with E-state index in [0.717, 1.165) is 5.75 Å². The minimum Gasteiger partial charge on any atom is -0.480 e. The number of nitrogens with one attached hydrogen (secondary N) is 1. The van der Waals surface area contributed by atoms with Crippen molar-refractivity contribution in [3.63, 3.8) is 0 Å². The number of hydrogen-bond acceptors (Lipinski definition) is 4. The lowest BCUT2D eigenvalue weighted by molar-refractivity contribution is -0.141. The fourth-order valence-electron chi connectivity index (χ4n) is 2.83. The topological polar surface area (TPSA) is 90.0 Å². The second-order valence-corrected chi connectivity index (χ2v) is 6.87. The van der Waals surface area contributed by atoms with Crippen LogP contribution >= 0.6 is 11.8 Å². The van der Waals surface area contributed by atoms with Gasteiger partial charge in [-0.2, -0.15) is 11.8 Å². The third-order valence-corrected chi connectivity index (χ3v) is 5.20. The highest BCUT2D eigenvalue weighted by molar-refractivity contribution is 7.99. The van der Waals surface area contributed by atoms with Crippen LogP contribution in [-0.4, -0.2) is 77.0 Å². The van der Waals surface area contributed by atoms with Crippen LogP contribution in [0.3, 0.4) is 0 Å². The zero-order chi connectivity index (χ0) is 15.6. The molecule has 7 nitrogen and oxygen atoms in total. The Labute approximate surface area is 128 Å². The summed E-state index contributed by atoms with van der Waals surface area (Å²) in [5.74, 6) is 0.114. The van der Waals surface area contributed by atoms with Crippen LogP contribution in [0.15, 0.2) is 0 Å². The molecule has 2 atom stereocenters. The largest absolute Gasteiger partial charge is 0.480 e. The number of aliphatic carboxylic acids is 1. The Bertz CT molecular complexity index is 459. The van der Waals surface area contributed by atoms with Gasteiger partial charge in [0.05, 0.1) is 5.41 Å². The molecule has 0 saturated carbocycles. The number of thioether (sulfide) groups is 1. The third kappa shape index (κ3) is 3.09. The van der Waals surface area contributed by atoms with Crippen molar-refractivity contribution in [1.82, 2.24) is 15.1 Å². The lowest BCUT2D eigenvalue weighted by Gasteiger charge is -2.35. The van der Waals surface area contributed by atoms with E-state index in [1.807, 2.05) is 6.92 Å². The minimum absolute atomic E-state index is 0.0817. The number of carboxylic acids is 1. The average Bonchev–Trinajstić information content (AvgIpc) is 2.89. The van der Waals surface area contributed by atoms with Crippen LogP contribution < -0.4 is 5.32 Å². The molecule has 0 spiro atoms. The van der Waals surface area contributed by atoms with Crippen LogP contribution in [-0.2, 0) is 9.59 Å². The molecule has 0 aromatic rings. The number of carboxylic acid groups (broad SMARTS) is 1. The first-order chi connectivity index (χ1) is 9.89. The van der Waals surface area contributed by atoms with Crippen molar-refractivity contribution >= 4 is 29.7 Å². The summed E-state index contributed by atoms with van der Waals surface area (Å²) in [6.07, 6.45) is 0.596. The maximum absolute atomic E-state index is 12.6. The molecule has 3 amide bonds. The summed E-state index contributed by atoms with van der Waals surface area (Å²) >= 11 is 1.55. The molecule has 21 heavy (non-hydrogen) atoms. The van der Waals surface area contributed by atoms with E-state index < -0.39 is 17.4 Å². The zero-order valence-electron chi connectivity index (χ0n) is 12.3. The van der Waals surface area contributed by atoms with Crippen molar-refractivity contribution in [2.45, 2.75) is 19.4 Å². The Morgan fingerprint density at radius 2 is 2.05 bits per heavy atom. The number of carbonyl (C=O) groups is 3. The highest BCUT2D eigenvalue weighted by Gasteiger charge is 2.44. The van der Waals surface area contributed by atoms with Crippen molar-refractivity contribution in [1.29, 1.82) is 0 Å². The molecule has 0 aliphatic carbocycles. The zero-order valence-corrected chi connectivity index (χ0v) is 13.1. The predicted octanol–water partition coefficient (Wildman–Crippen LogP) is 0.0664. The molecule has 2 heterocycles. The van der Waals surface area contributed by atoms with Crippen molar-refractivity contribution in [2.24, 2.45) is 5.41 Å². The first-order valence-corrected chi connectivity index (χ1v) is 8.13. The average molecular weight is 315 g/mol. The Kier molecular flexibility index (Phi) is 4.65. The monoisotopic (exact) mass is 315 g/mol. The van der Waals surface area contributed by atoms with Gasteiger partial charge in [-0.3, -0.25) is 4.79 Å². The number of hydrogen-bond donors (Lipinski definition) is 2. The van der Waals surface area contributed by atoms with Gasteiger partial charge in [-0.15, -0.1) is 0 Å². The van der Waals surface area contributed by atoms with Gasteiger partial charge in [0.2, 0.25) is 5.91 Å². The molecule has 0 aromatic carbocycles. The van der Waals surface area contributed by atoms with E-state index in [4.69, 9.17) is 0 Å². The number of urea groups is 1. The summed E-state index contributed by atoms with van der Waals surface area (Å²) in [6, 6.07) is -1.04. The predicted molar refractivity (Wildman–Crippen MR) is 79.2 cm³/mol. The van der Waals surface area contributed by atoms with E-state index in [0.29, 0.717) is 31.8 Å². The van der Waals surface area contributed by atoms with Gasteiger partial charge >= 0.3 is 12.0 Å². The Morgan fingerprint density at radius 3 is 2.67 bits per heavy atom. The molecule has 2 aliphatic rings. The van der Waals surface area contributed by atoms with Crippen LogP contribution in [0.1, 0.15) is 13.3 Å². The molecule has 2 fully saturated rings. The van der Waals surface area contributed by atoms with Crippen LogP contribution in [0.5, 0.6) is 0 Å². The van der Waals surface area contributed by atoms with Gasteiger partial charge in [-0.05, 0) is 13.3 Å². The van der Waals surface area contributed by atoms with Gasteiger partial charge in [-0.1, -0.05) is 0 Å². The number of amides is 3. The molecule has 2 N–H and O–H groups in total. The summed E-state index contributed by atoms with van der Waals surface area (Å²) in [6.45, 7) is 3.09. The Balaban J connectivity index is 2.07. The first-order valence-electron chi connectivity index (χ1n) is 6.97. The normalized spacial score (nSPS) is 29.3. The van der Waals surface area contributed by atoms with Gasteiger partial charge in [0.1, 0.15) is 6.04 Å². The SMILES string of the molecule is CNC(=O)C1(C)CCN(C(=O)N2CCSCC2C(=O)O)C1. The van der Waals surface area contributed by atoms with E-state index in [-0.39, 0.29) is 11.9 Å². The van der Waals surface area contributed by atoms with Gasteiger partial charge in [-0.25, -0.2) is 9.59 Å². The van der Waals surface area contributed by atoms with Crippen molar-refractivity contribution in [3.05, 3.63) is 0 Å². The van der Waals surface area contributed by atoms with Crippen LogP contribution in [0, 0.1) is 5.41 Å². The number of nitrogens with zero attached hydrogens (tertiary/aromatic N) is 2. The standard InChI is InChI=1S/C13H21N3O4S/c1-13(11(19)14-2)3-4-15(8-13)12(20)16-5-6-21-7-9(16)10(17)18/h9H,3-8H2,1-2H3,(H,14,19)(H,17,18). The smallest absolute Gasteiger partial charge is 0.327 e. The van der Waals surface area contributed by atoms with E-state index in [9.17, 15) is 19.5 Å². The van der Waals surface area contributed by atoms with Crippen molar-refractivity contribution in [2.75, 3.05) is 38.2 Å². The molecule has 118 valence electrons.